The molecule has 0 amide bonds. The molecule has 2 aliphatic rings. The van der Waals surface area contributed by atoms with Crippen LogP contribution in [0.25, 0.3) is 0 Å². The average Bonchev–Trinajstić information content (AvgIpc) is 3.49. The molecule has 0 aliphatic heterocycles. The van der Waals surface area contributed by atoms with E-state index in [9.17, 15) is 0 Å². The van der Waals surface area contributed by atoms with E-state index in [2.05, 4.69) is 60.4 Å². The summed E-state index contributed by atoms with van der Waals surface area (Å²) >= 11 is 14.5. The molecule has 4 rings (SSSR count). The van der Waals surface area contributed by atoms with Gasteiger partial charge in [0.15, 0.2) is 0 Å². The molecule has 2 aromatic carbocycles. The van der Waals surface area contributed by atoms with E-state index in [0.717, 1.165) is 58.2 Å². The van der Waals surface area contributed by atoms with Crippen molar-refractivity contribution in [2.45, 2.75) is 94.3 Å². The van der Waals surface area contributed by atoms with E-state index in [1.807, 2.05) is 0 Å². The molecule has 2 saturated carbocycles. The highest BCUT2D eigenvalue weighted by Crippen LogP contribution is 2.51. The first kappa shape index (κ1) is 27.1. The van der Waals surface area contributed by atoms with E-state index in [0.29, 0.717) is 0 Å². The number of nitriles is 1. The molecule has 2 fully saturated rings. The van der Waals surface area contributed by atoms with Crippen LogP contribution in [-0.4, -0.2) is 18.0 Å². The van der Waals surface area contributed by atoms with Crippen LogP contribution in [0.15, 0.2) is 48.5 Å². The van der Waals surface area contributed by atoms with Gasteiger partial charge < -0.3 is 0 Å². The van der Waals surface area contributed by atoms with Gasteiger partial charge in [0.2, 0.25) is 0 Å². The SMILES string of the molecule is CC#N.CCN(CCCc1c(C2(Cl)CCCC2)cccc1C1(Cl)CCCC1)Cc1ccccc1. The van der Waals surface area contributed by atoms with Gasteiger partial charge in [-0.25, -0.2) is 0 Å². The van der Waals surface area contributed by atoms with Crippen LogP contribution in [0.3, 0.4) is 0 Å². The van der Waals surface area contributed by atoms with E-state index >= 15 is 0 Å². The third-order valence-corrected chi connectivity index (χ3v) is 8.69. The topological polar surface area (TPSA) is 27.0 Å². The normalized spacial score (nSPS) is 18.4. The molecular formula is C30H40Cl2N2. The Hall–Kier alpha value is -1.53. The van der Waals surface area contributed by atoms with E-state index in [1.165, 1.54) is 54.9 Å². The third-order valence-electron chi connectivity index (χ3n) is 7.53. The predicted octanol–water partition coefficient (Wildman–Crippen LogP) is 8.69. The molecule has 0 radical (unpaired) electrons. The Morgan fingerprint density at radius 1 is 0.853 bits per heavy atom. The minimum atomic E-state index is -0.189. The smallest absolute Gasteiger partial charge is 0.0697 e. The zero-order valence-electron chi connectivity index (χ0n) is 21.0. The van der Waals surface area contributed by atoms with Crippen molar-refractivity contribution < 1.29 is 0 Å². The second-order valence-electron chi connectivity index (χ2n) is 9.86. The molecule has 4 heteroatoms. The van der Waals surface area contributed by atoms with Gasteiger partial charge in [-0.05, 0) is 73.9 Å². The van der Waals surface area contributed by atoms with Crippen LogP contribution in [0.1, 0.15) is 93.9 Å². The van der Waals surface area contributed by atoms with Gasteiger partial charge in [0, 0.05) is 13.5 Å². The molecule has 0 unspecified atom stereocenters. The minimum absolute atomic E-state index is 0.189. The lowest BCUT2D eigenvalue weighted by molar-refractivity contribution is 0.276. The maximum Gasteiger partial charge on any atom is 0.0697 e. The van der Waals surface area contributed by atoms with Crippen LogP contribution in [-0.2, 0) is 22.7 Å². The number of alkyl halides is 2. The molecule has 0 heterocycles. The summed E-state index contributed by atoms with van der Waals surface area (Å²) in [5.41, 5.74) is 5.61. The highest BCUT2D eigenvalue weighted by Gasteiger charge is 2.40. The van der Waals surface area contributed by atoms with Crippen LogP contribution in [0.2, 0.25) is 0 Å². The van der Waals surface area contributed by atoms with Gasteiger partial charge in [-0.2, -0.15) is 5.26 Å². The van der Waals surface area contributed by atoms with Crippen LogP contribution in [0.5, 0.6) is 0 Å². The molecule has 2 aliphatic carbocycles. The van der Waals surface area contributed by atoms with E-state index in [4.69, 9.17) is 28.5 Å². The van der Waals surface area contributed by atoms with Gasteiger partial charge in [0.1, 0.15) is 0 Å². The number of benzene rings is 2. The highest BCUT2D eigenvalue weighted by molar-refractivity contribution is 6.25. The van der Waals surface area contributed by atoms with Crippen molar-refractivity contribution in [1.29, 1.82) is 5.26 Å². The first-order valence-electron chi connectivity index (χ1n) is 13.0. The Bertz CT molecular complexity index is 882. The third kappa shape index (κ3) is 6.78. The van der Waals surface area contributed by atoms with E-state index < -0.39 is 0 Å². The Morgan fingerprint density at radius 2 is 1.35 bits per heavy atom. The molecule has 0 spiro atoms. The number of hydrogen-bond donors (Lipinski definition) is 0. The maximum atomic E-state index is 7.32. The molecule has 34 heavy (non-hydrogen) atoms. The second kappa shape index (κ2) is 13.0. The van der Waals surface area contributed by atoms with Crippen LogP contribution in [0, 0.1) is 11.3 Å². The number of nitrogens with zero attached hydrogens (tertiary/aromatic N) is 2. The molecule has 0 saturated heterocycles. The Morgan fingerprint density at radius 3 is 1.82 bits per heavy atom. The van der Waals surface area contributed by atoms with Crippen molar-refractivity contribution in [1.82, 2.24) is 4.90 Å². The Labute approximate surface area is 217 Å². The summed E-state index contributed by atoms with van der Waals surface area (Å²) in [6, 6.07) is 19.4. The first-order chi connectivity index (χ1) is 16.5. The van der Waals surface area contributed by atoms with E-state index in [1.54, 1.807) is 6.07 Å². The summed E-state index contributed by atoms with van der Waals surface area (Å²) < 4.78 is 0. The van der Waals surface area contributed by atoms with Crippen LogP contribution >= 0.6 is 23.2 Å². The zero-order valence-corrected chi connectivity index (χ0v) is 22.5. The molecule has 0 N–H and O–H groups in total. The fourth-order valence-electron chi connectivity index (χ4n) is 5.78. The van der Waals surface area contributed by atoms with Crippen molar-refractivity contribution >= 4 is 23.2 Å². The lowest BCUT2D eigenvalue weighted by Gasteiger charge is -2.31. The van der Waals surface area contributed by atoms with E-state index in [-0.39, 0.29) is 9.75 Å². The molecule has 2 aromatic rings. The quantitative estimate of drug-likeness (QED) is 0.323. The Kier molecular flexibility index (Phi) is 10.3. The van der Waals surface area contributed by atoms with Crippen molar-refractivity contribution in [2.24, 2.45) is 0 Å². The lowest BCUT2D eigenvalue weighted by atomic mass is 9.82. The summed E-state index contributed by atoms with van der Waals surface area (Å²) in [6.07, 6.45) is 11.5. The fraction of sp³-hybridized carbons (Fsp3) is 0.567. The highest BCUT2D eigenvalue weighted by atomic mass is 35.5. The monoisotopic (exact) mass is 498 g/mol. The second-order valence-corrected chi connectivity index (χ2v) is 11.3. The summed E-state index contributed by atoms with van der Waals surface area (Å²) in [5, 5.41) is 7.32. The average molecular weight is 500 g/mol. The molecule has 0 atom stereocenters. The van der Waals surface area contributed by atoms with Crippen molar-refractivity contribution in [3.05, 3.63) is 70.8 Å². The van der Waals surface area contributed by atoms with Crippen molar-refractivity contribution in [3.63, 3.8) is 0 Å². The summed E-state index contributed by atoms with van der Waals surface area (Å²) in [6.45, 7) is 6.89. The van der Waals surface area contributed by atoms with Gasteiger partial charge in [0.05, 0.1) is 15.8 Å². The van der Waals surface area contributed by atoms with Crippen molar-refractivity contribution in [3.8, 4) is 6.07 Å². The number of rotatable bonds is 9. The first-order valence-corrected chi connectivity index (χ1v) is 13.8. The van der Waals surface area contributed by atoms with Gasteiger partial charge in [0.25, 0.3) is 0 Å². The summed E-state index contributed by atoms with van der Waals surface area (Å²) in [4.78, 5) is 2.17. The van der Waals surface area contributed by atoms with Gasteiger partial charge in [-0.3, -0.25) is 4.90 Å². The predicted molar refractivity (Wildman–Crippen MR) is 145 cm³/mol. The van der Waals surface area contributed by atoms with Gasteiger partial charge >= 0.3 is 0 Å². The molecule has 184 valence electrons. The molecule has 0 bridgehead atoms. The van der Waals surface area contributed by atoms with Crippen LogP contribution in [0.4, 0.5) is 0 Å². The molecule has 0 aromatic heterocycles. The van der Waals surface area contributed by atoms with Gasteiger partial charge in [-0.1, -0.05) is 81.1 Å². The minimum Gasteiger partial charge on any atom is -0.299 e. The van der Waals surface area contributed by atoms with Crippen molar-refractivity contribution in [2.75, 3.05) is 13.1 Å². The van der Waals surface area contributed by atoms with Crippen LogP contribution < -0.4 is 0 Å². The number of hydrogen-bond acceptors (Lipinski definition) is 2. The fourth-order valence-corrected chi connectivity index (χ4v) is 6.66. The Balaban J connectivity index is 0.00000103. The summed E-state index contributed by atoms with van der Waals surface area (Å²) in [7, 11) is 0. The molecular weight excluding hydrogens is 459 g/mol. The maximum absolute atomic E-state index is 7.32. The van der Waals surface area contributed by atoms with Gasteiger partial charge in [-0.15, -0.1) is 23.2 Å². The zero-order chi connectivity index (χ0) is 24.4. The largest absolute Gasteiger partial charge is 0.299 e. The summed E-state index contributed by atoms with van der Waals surface area (Å²) in [5.74, 6) is 0. The molecule has 2 nitrogen and oxygen atoms in total. The number of halogens is 2. The lowest BCUT2D eigenvalue weighted by Crippen LogP contribution is -2.26. The standard InChI is InChI=1S/C28H37Cl2N.C2H3N/c1-2-31(22-23-12-4-3-5-13-23)21-11-14-24-25(27(29)17-6-7-18-27)15-10-16-26(24)28(30)19-8-9-20-28;1-2-3/h3-5,10,12-13,15-16H,2,6-9,11,14,17-22H2,1H3;1H3.